The summed E-state index contributed by atoms with van der Waals surface area (Å²) in [5.41, 5.74) is -3.73. The van der Waals surface area contributed by atoms with Crippen LogP contribution in [0, 0.1) is 11.3 Å². The van der Waals surface area contributed by atoms with Crippen LogP contribution in [0.1, 0.15) is 17.8 Å². The fraction of sp³-hybridized carbons (Fsp3) is 0.111. The largest absolute Gasteiger partial charge is 0.435 e. The standard InChI is InChI=1S/C18H7ClF5N5O/c19-11-5-13-9(4-8(11)6-25)10-7-28(17(20)21)27-14(10)16(30)29(13)12-2-1-3-26-15(12)18(22,23)24/h1-5,7,17H. The van der Waals surface area contributed by atoms with Gasteiger partial charge in [0.25, 0.3) is 5.56 Å². The van der Waals surface area contributed by atoms with Crippen molar-refractivity contribution in [1.82, 2.24) is 19.3 Å². The molecule has 0 fully saturated rings. The van der Waals surface area contributed by atoms with Gasteiger partial charge in [0, 0.05) is 23.2 Å². The number of hydrogen-bond acceptors (Lipinski definition) is 4. The Morgan fingerprint density at radius 1 is 1.20 bits per heavy atom. The van der Waals surface area contributed by atoms with E-state index in [0.29, 0.717) is 4.57 Å². The van der Waals surface area contributed by atoms with E-state index in [4.69, 9.17) is 11.6 Å². The number of nitriles is 1. The molecule has 0 aliphatic rings. The summed E-state index contributed by atoms with van der Waals surface area (Å²) in [4.78, 5) is 16.4. The molecule has 30 heavy (non-hydrogen) atoms. The summed E-state index contributed by atoms with van der Waals surface area (Å²) < 4.78 is 67.7. The number of nitrogens with zero attached hydrogens (tertiary/aromatic N) is 5. The number of pyridine rings is 2. The van der Waals surface area contributed by atoms with E-state index in [2.05, 4.69) is 10.1 Å². The van der Waals surface area contributed by atoms with Crippen molar-refractivity contribution in [3.8, 4) is 11.8 Å². The van der Waals surface area contributed by atoms with Gasteiger partial charge in [-0.15, -0.1) is 0 Å². The van der Waals surface area contributed by atoms with E-state index < -0.39 is 35.2 Å². The highest BCUT2D eigenvalue weighted by Crippen LogP contribution is 2.35. The smallest absolute Gasteiger partial charge is 0.273 e. The highest BCUT2D eigenvalue weighted by atomic mass is 35.5. The second-order valence-corrected chi connectivity index (χ2v) is 6.53. The molecule has 0 unspecified atom stereocenters. The number of rotatable bonds is 2. The van der Waals surface area contributed by atoms with Crippen LogP contribution in [0.4, 0.5) is 22.0 Å². The minimum Gasteiger partial charge on any atom is -0.273 e. The zero-order valence-electron chi connectivity index (χ0n) is 14.5. The highest BCUT2D eigenvalue weighted by Gasteiger charge is 2.36. The molecule has 0 atom stereocenters. The summed E-state index contributed by atoms with van der Waals surface area (Å²) in [5, 5.41) is 12.6. The summed E-state index contributed by atoms with van der Waals surface area (Å²) in [6.07, 6.45) is -3.11. The van der Waals surface area contributed by atoms with E-state index in [0.717, 1.165) is 24.5 Å². The molecule has 4 rings (SSSR count). The Morgan fingerprint density at radius 2 is 1.93 bits per heavy atom. The Balaban J connectivity index is 2.26. The predicted octanol–water partition coefficient (Wildman–Crippen LogP) is 4.67. The van der Waals surface area contributed by atoms with E-state index in [1.54, 1.807) is 6.07 Å². The van der Waals surface area contributed by atoms with Crippen molar-refractivity contribution in [2.24, 2.45) is 0 Å². The van der Waals surface area contributed by atoms with Gasteiger partial charge in [-0.05, 0) is 24.3 Å². The Labute approximate surface area is 168 Å². The van der Waals surface area contributed by atoms with Gasteiger partial charge in [0.05, 0.1) is 21.8 Å². The molecule has 12 heteroatoms. The number of benzene rings is 1. The normalized spacial score (nSPS) is 12.1. The monoisotopic (exact) mass is 439 g/mol. The van der Waals surface area contributed by atoms with Crippen LogP contribution in [0.15, 0.2) is 41.5 Å². The van der Waals surface area contributed by atoms with E-state index in [9.17, 15) is 32.0 Å². The predicted molar refractivity (Wildman–Crippen MR) is 96.6 cm³/mol. The van der Waals surface area contributed by atoms with Crippen LogP contribution in [0.2, 0.25) is 5.02 Å². The zero-order chi connectivity index (χ0) is 21.8. The summed E-state index contributed by atoms with van der Waals surface area (Å²) in [5.74, 6) is 0. The van der Waals surface area contributed by atoms with Gasteiger partial charge < -0.3 is 0 Å². The maximum atomic E-state index is 13.5. The minimum atomic E-state index is -4.91. The number of halogens is 6. The van der Waals surface area contributed by atoms with Crippen molar-refractivity contribution in [3.05, 3.63) is 63.3 Å². The first-order chi connectivity index (χ1) is 14.1. The van der Waals surface area contributed by atoms with Crippen LogP contribution >= 0.6 is 11.6 Å². The third kappa shape index (κ3) is 2.96. The first-order valence-electron chi connectivity index (χ1n) is 8.11. The summed E-state index contributed by atoms with van der Waals surface area (Å²) in [7, 11) is 0. The lowest BCUT2D eigenvalue weighted by atomic mass is 10.1. The number of hydrogen-bond donors (Lipinski definition) is 0. The molecule has 3 heterocycles. The Hall–Kier alpha value is -3.52. The average molecular weight is 440 g/mol. The van der Waals surface area contributed by atoms with Crippen molar-refractivity contribution in [2.75, 3.05) is 0 Å². The van der Waals surface area contributed by atoms with Gasteiger partial charge in [0.1, 0.15) is 6.07 Å². The van der Waals surface area contributed by atoms with Crippen molar-refractivity contribution in [2.45, 2.75) is 12.7 Å². The van der Waals surface area contributed by atoms with Crippen molar-refractivity contribution in [3.63, 3.8) is 0 Å². The van der Waals surface area contributed by atoms with Gasteiger partial charge in [-0.1, -0.05) is 11.6 Å². The van der Waals surface area contributed by atoms with E-state index in [-0.39, 0.29) is 31.6 Å². The molecule has 0 aliphatic heterocycles. The third-order valence-electron chi connectivity index (χ3n) is 4.37. The molecule has 0 saturated carbocycles. The molecular formula is C18H7ClF5N5O. The molecule has 0 aliphatic carbocycles. The average Bonchev–Trinajstić information content (AvgIpc) is 3.14. The molecule has 0 amide bonds. The lowest BCUT2D eigenvalue weighted by Gasteiger charge is -2.16. The Kier molecular flexibility index (Phi) is 4.47. The van der Waals surface area contributed by atoms with Crippen LogP contribution in [0.5, 0.6) is 0 Å². The molecular weight excluding hydrogens is 433 g/mol. The van der Waals surface area contributed by atoms with Crippen molar-refractivity contribution < 1.29 is 22.0 Å². The molecule has 152 valence electrons. The lowest BCUT2D eigenvalue weighted by molar-refractivity contribution is -0.141. The van der Waals surface area contributed by atoms with E-state index >= 15 is 0 Å². The molecule has 0 N–H and O–H groups in total. The van der Waals surface area contributed by atoms with Crippen LogP contribution in [-0.4, -0.2) is 19.3 Å². The minimum absolute atomic E-state index is 0.0504. The molecule has 0 spiro atoms. The van der Waals surface area contributed by atoms with Crippen molar-refractivity contribution in [1.29, 1.82) is 5.26 Å². The molecule has 1 aromatic carbocycles. The van der Waals surface area contributed by atoms with Gasteiger partial charge >= 0.3 is 12.7 Å². The summed E-state index contributed by atoms with van der Waals surface area (Å²) >= 11 is 6.04. The van der Waals surface area contributed by atoms with Crippen molar-refractivity contribution >= 4 is 33.4 Å². The first-order valence-corrected chi connectivity index (χ1v) is 8.49. The SMILES string of the molecule is N#Cc1cc2c3cn(C(F)F)nc3c(=O)n(-c3cccnc3C(F)(F)F)c2cc1Cl. The highest BCUT2D eigenvalue weighted by molar-refractivity contribution is 6.32. The number of fused-ring (bicyclic) bond motifs is 3. The van der Waals surface area contributed by atoms with Gasteiger partial charge in [0.2, 0.25) is 0 Å². The number of alkyl halides is 5. The number of aromatic nitrogens is 4. The molecule has 4 aromatic rings. The summed E-state index contributed by atoms with van der Waals surface area (Å²) in [6.45, 7) is -3.09. The Bertz CT molecular complexity index is 1420. The third-order valence-corrected chi connectivity index (χ3v) is 4.68. The summed E-state index contributed by atoms with van der Waals surface area (Å²) in [6, 6.07) is 6.34. The zero-order valence-corrected chi connectivity index (χ0v) is 15.2. The molecule has 0 saturated heterocycles. The van der Waals surface area contributed by atoms with E-state index in [1.165, 1.54) is 12.1 Å². The maximum absolute atomic E-state index is 13.5. The first kappa shape index (κ1) is 19.8. The molecule has 3 aromatic heterocycles. The molecule has 6 nitrogen and oxygen atoms in total. The maximum Gasteiger partial charge on any atom is 0.435 e. The van der Waals surface area contributed by atoms with Crippen LogP contribution in [-0.2, 0) is 6.18 Å². The van der Waals surface area contributed by atoms with Gasteiger partial charge in [-0.3, -0.25) is 9.36 Å². The fourth-order valence-electron chi connectivity index (χ4n) is 3.15. The van der Waals surface area contributed by atoms with Gasteiger partial charge in [-0.25, -0.2) is 9.67 Å². The van der Waals surface area contributed by atoms with Crippen LogP contribution in [0.3, 0.4) is 0 Å². The second-order valence-electron chi connectivity index (χ2n) is 6.12. The molecule has 0 radical (unpaired) electrons. The van der Waals surface area contributed by atoms with Gasteiger partial charge in [0.15, 0.2) is 11.2 Å². The topological polar surface area (TPSA) is 76.5 Å². The second kappa shape index (κ2) is 6.77. The quantitative estimate of drug-likeness (QED) is 0.425. The molecule has 0 bridgehead atoms. The van der Waals surface area contributed by atoms with Gasteiger partial charge in [-0.2, -0.15) is 32.3 Å². The van der Waals surface area contributed by atoms with E-state index in [1.807, 2.05) is 0 Å². The Morgan fingerprint density at radius 3 is 2.57 bits per heavy atom. The fourth-order valence-corrected chi connectivity index (χ4v) is 3.35. The lowest BCUT2D eigenvalue weighted by Crippen LogP contribution is -2.23. The van der Waals surface area contributed by atoms with Crippen LogP contribution in [0.25, 0.3) is 27.5 Å². The van der Waals surface area contributed by atoms with Crippen LogP contribution < -0.4 is 5.56 Å².